The van der Waals surface area contributed by atoms with Crippen LogP contribution in [0.25, 0.3) is 10.9 Å². The molecule has 0 saturated heterocycles. The Hall–Kier alpha value is -3.93. The van der Waals surface area contributed by atoms with Gasteiger partial charge < -0.3 is 24.7 Å². The Bertz CT molecular complexity index is 1260. The molecule has 0 fully saturated rings. The quantitative estimate of drug-likeness (QED) is 0.468. The number of nitrogens with zero attached hydrogens (tertiary/aromatic N) is 1. The van der Waals surface area contributed by atoms with Crippen molar-refractivity contribution in [3.05, 3.63) is 90.1 Å². The highest BCUT2D eigenvalue weighted by molar-refractivity contribution is 5.85. The molecule has 2 heterocycles. The molecule has 2 atom stereocenters. The molecule has 0 bridgehead atoms. The number of hydrogen-bond donors (Lipinski definition) is 2. The van der Waals surface area contributed by atoms with Crippen molar-refractivity contribution >= 4 is 22.5 Å². The van der Waals surface area contributed by atoms with Crippen LogP contribution in [0.3, 0.4) is 0 Å². The number of nitrogens with one attached hydrogen (secondary N) is 2. The molecule has 0 spiro atoms. The zero-order chi connectivity index (χ0) is 22.8. The predicted octanol–water partition coefficient (Wildman–Crippen LogP) is 4.32. The fourth-order valence-corrected chi connectivity index (χ4v) is 4.26. The number of para-hydroxylation sites is 3. The van der Waals surface area contributed by atoms with Crippen molar-refractivity contribution in [1.29, 1.82) is 0 Å². The number of hydrogen-bond acceptors (Lipinski definition) is 4. The lowest BCUT2D eigenvalue weighted by Gasteiger charge is -2.26. The molecule has 4 aromatic rings. The zero-order valence-corrected chi connectivity index (χ0v) is 18.7. The molecule has 6 nitrogen and oxygen atoms in total. The largest absolute Gasteiger partial charge is 0.485 e. The molecule has 0 unspecified atom stereocenters. The number of aromatic nitrogens is 1. The number of ether oxygens (including phenoxy) is 2. The van der Waals surface area contributed by atoms with Crippen LogP contribution >= 0.6 is 0 Å². The van der Waals surface area contributed by atoms with E-state index in [0.29, 0.717) is 18.0 Å². The Morgan fingerprint density at radius 3 is 2.55 bits per heavy atom. The number of H-pyrrole nitrogens is 1. The van der Waals surface area contributed by atoms with Crippen molar-refractivity contribution in [1.82, 2.24) is 10.3 Å². The molecule has 1 amide bonds. The monoisotopic (exact) mass is 441 g/mol. The standard InChI is InChI=1S/C27H27N3O3/c1-30(2)19-13-11-18(12-14-19)21(22-16-28-23-8-4-3-7-20(22)23)15-29-27(31)26-17-32-24-9-5-6-10-25(24)33-26/h3-14,16,21,26,28H,15,17H2,1-2H3,(H,29,31)/t21-,26-/m0/s1. The lowest BCUT2D eigenvalue weighted by Crippen LogP contribution is -2.45. The molecular formula is C27H27N3O3. The number of carbonyl (C=O) groups excluding carboxylic acids is 1. The molecule has 0 aliphatic carbocycles. The Kier molecular flexibility index (Phi) is 5.65. The Labute approximate surface area is 193 Å². The van der Waals surface area contributed by atoms with E-state index < -0.39 is 6.10 Å². The first-order valence-corrected chi connectivity index (χ1v) is 11.1. The van der Waals surface area contributed by atoms with Gasteiger partial charge in [-0.3, -0.25) is 4.79 Å². The summed E-state index contributed by atoms with van der Waals surface area (Å²) >= 11 is 0. The molecule has 0 saturated carbocycles. The fourth-order valence-electron chi connectivity index (χ4n) is 4.26. The maximum Gasteiger partial charge on any atom is 0.264 e. The SMILES string of the molecule is CN(C)c1ccc([C@H](CNC(=O)[C@@H]2COc3ccccc3O2)c2c[nH]c3ccccc23)cc1. The van der Waals surface area contributed by atoms with Crippen LogP contribution in [0.2, 0.25) is 0 Å². The molecule has 6 heteroatoms. The van der Waals surface area contributed by atoms with Gasteiger partial charge in [0.15, 0.2) is 11.5 Å². The first-order valence-electron chi connectivity index (χ1n) is 11.1. The summed E-state index contributed by atoms with van der Waals surface area (Å²) in [6, 6.07) is 24.1. The van der Waals surface area contributed by atoms with Crippen LogP contribution < -0.4 is 19.7 Å². The molecule has 5 rings (SSSR count). The topological polar surface area (TPSA) is 66.6 Å². The first kappa shape index (κ1) is 20.9. The molecule has 1 aliphatic rings. The third kappa shape index (κ3) is 4.24. The minimum atomic E-state index is -0.681. The highest BCUT2D eigenvalue weighted by Gasteiger charge is 2.28. The van der Waals surface area contributed by atoms with Gasteiger partial charge in [0.1, 0.15) is 6.61 Å². The Balaban J connectivity index is 1.38. The number of carbonyl (C=O) groups is 1. The van der Waals surface area contributed by atoms with Crippen LogP contribution in [0.4, 0.5) is 5.69 Å². The number of benzene rings is 3. The summed E-state index contributed by atoms with van der Waals surface area (Å²) in [4.78, 5) is 18.4. The highest BCUT2D eigenvalue weighted by atomic mass is 16.6. The first-order chi connectivity index (χ1) is 16.1. The second-order valence-electron chi connectivity index (χ2n) is 8.44. The van der Waals surface area contributed by atoms with E-state index in [2.05, 4.69) is 51.6 Å². The van der Waals surface area contributed by atoms with Crippen molar-refractivity contribution in [2.45, 2.75) is 12.0 Å². The van der Waals surface area contributed by atoms with E-state index in [0.717, 1.165) is 27.7 Å². The summed E-state index contributed by atoms with van der Waals surface area (Å²) in [6.07, 6.45) is 1.36. The summed E-state index contributed by atoms with van der Waals surface area (Å²) in [7, 11) is 4.05. The number of anilines is 1. The highest BCUT2D eigenvalue weighted by Crippen LogP contribution is 2.33. The molecular weight excluding hydrogens is 414 g/mol. The van der Waals surface area contributed by atoms with Crippen molar-refractivity contribution in [2.24, 2.45) is 0 Å². The number of aromatic amines is 1. The van der Waals surface area contributed by atoms with Crippen LogP contribution in [0.5, 0.6) is 11.5 Å². The number of fused-ring (bicyclic) bond motifs is 2. The molecule has 0 radical (unpaired) electrons. The van der Waals surface area contributed by atoms with Crippen LogP contribution in [0.1, 0.15) is 17.0 Å². The lowest BCUT2D eigenvalue weighted by molar-refractivity contribution is -0.130. The van der Waals surface area contributed by atoms with E-state index in [1.807, 2.05) is 56.7 Å². The van der Waals surface area contributed by atoms with Gasteiger partial charge in [-0.1, -0.05) is 42.5 Å². The maximum atomic E-state index is 13.0. The summed E-state index contributed by atoms with van der Waals surface area (Å²) in [5.41, 5.74) is 4.49. The van der Waals surface area contributed by atoms with E-state index in [-0.39, 0.29) is 18.4 Å². The van der Waals surface area contributed by atoms with Gasteiger partial charge in [0, 0.05) is 49.3 Å². The predicted molar refractivity (Wildman–Crippen MR) is 130 cm³/mol. The molecule has 1 aliphatic heterocycles. The smallest absolute Gasteiger partial charge is 0.264 e. The minimum absolute atomic E-state index is 0.0156. The Morgan fingerprint density at radius 1 is 1.03 bits per heavy atom. The van der Waals surface area contributed by atoms with Crippen molar-refractivity contribution < 1.29 is 14.3 Å². The van der Waals surface area contributed by atoms with Crippen LogP contribution in [0, 0.1) is 0 Å². The average molecular weight is 442 g/mol. The van der Waals surface area contributed by atoms with E-state index in [1.54, 1.807) is 0 Å². The average Bonchev–Trinajstić information content (AvgIpc) is 3.28. The van der Waals surface area contributed by atoms with Crippen molar-refractivity contribution in [3.63, 3.8) is 0 Å². The van der Waals surface area contributed by atoms with Crippen molar-refractivity contribution in [3.8, 4) is 11.5 Å². The second-order valence-corrected chi connectivity index (χ2v) is 8.44. The second kappa shape index (κ2) is 8.90. The van der Waals surface area contributed by atoms with E-state index in [4.69, 9.17) is 9.47 Å². The van der Waals surface area contributed by atoms with E-state index in [1.165, 1.54) is 0 Å². The minimum Gasteiger partial charge on any atom is -0.485 e. The molecule has 1 aromatic heterocycles. The fraction of sp³-hybridized carbons (Fsp3) is 0.222. The Morgan fingerprint density at radius 2 is 1.76 bits per heavy atom. The van der Waals surface area contributed by atoms with Gasteiger partial charge in [0.2, 0.25) is 6.10 Å². The number of rotatable bonds is 6. The molecule has 168 valence electrons. The van der Waals surface area contributed by atoms with Gasteiger partial charge in [-0.15, -0.1) is 0 Å². The van der Waals surface area contributed by atoms with Gasteiger partial charge >= 0.3 is 0 Å². The van der Waals surface area contributed by atoms with Gasteiger partial charge in [0.05, 0.1) is 0 Å². The summed E-state index contributed by atoms with van der Waals surface area (Å²) in [5.74, 6) is 1.06. The normalized spacial score (nSPS) is 15.8. The number of amides is 1. The lowest BCUT2D eigenvalue weighted by atomic mass is 9.90. The summed E-state index contributed by atoms with van der Waals surface area (Å²) in [5, 5.41) is 4.26. The van der Waals surface area contributed by atoms with Gasteiger partial charge in [-0.2, -0.15) is 0 Å². The van der Waals surface area contributed by atoms with E-state index >= 15 is 0 Å². The summed E-state index contributed by atoms with van der Waals surface area (Å²) < 4.78 is 11.6. The molecule has 3 aromatic carbocycles. The molecule has 33 heavy (non-hydrogen) atoms. The van der Waals surface area contributed by atoms with E-state index in [9.17, 15) is 4.79 Å². The molecule has 2 N–H and O–H groups in total. The zero-order valence-electron chi connectivity index (χ0n) is 18.7. The third-order valence-electron chi connectivity index (χ3n) is 6.09. The third-order valence-corrected chi connectivity index (χ3v) is 6.09. The maximum absolute atomic E-state index is 13.0. The van der Waals surface area contributed by atoms with Crippen molar-refractivity contribution in [2.75, 3.05) is 32.1 Å². The van der Waals surface area contributed by atoms with Gasteiger partial charge in [-0.05, 0) is 41.5 Å². The van der Waals surface area contributed by atoms with Gasteiger partial charge in [-0.25, -0.2) is 0 Å². The van der Waals surface area contributed by atoms with Gasteiger partial charge in [0.25, 0.3) is 5.91 Å². The van der Waals surface area contributed by atoms with Crippen LogP contribution in [-0.2, 0) is 4.79 Å². The van der Waals surface area contributed by atoms with Crippen LogP contribution in [-0.4, -0.2) is 44.2 Å². The van der Waals surface area contributed by atoms with Crippen LogP contribution in [0.15, 0.2) is 79.0 Å². The summed E-state index contributed by atoms with van der Waals surface area (Å²) in [6.45, 7) is 0.641.